The van der Waals surface area contributed by atoms with Gasteiger partial charge in [-0.05, 0) is 73.9 Å². The van der Waals surface area contributed by atoms with E-state index in [4.69, 9.17) is 4.74 Å². The Labute approximate surface area is 186 Å². The number of aryl methyl sites for hydroxylation is 2. The topological polar surface area (TPSA) is 75.7 Å². The van der Waals surface area contributed by atoms with Gasteiger partial charge in [0.2, 0.25) is 0 Å². The Bertz CT molecular complexity index is 1210. The number of benzene rings is 3. The molecule has 0 radical (unpaired) electrons. The molecule has 0 saturated heterocycles. The summed E-state index contributed by atoms with van der Waals surface area (Å²) < 4.78 is 5.42. The molecule has 6 heteroatoms. The second-order valence-electron chi connectivity index (χ2n) is 7.55. The number of imide groups is 1. The molecule has 32 heavy (non-hydrogen) atoms. The van der Waals surface area contributed by atoms with Crippen molar-refractivity contribution in [2.75, 3.05) is 16.8 Å². The van der Waals surface area contributed by atoms with E-state index in [2.05, 4.69) is 5.32 Å². The standard InChI is InChI=1S/C26H24N2O4/c1-4-17-8-6-7-16(3)23(17)27-24(29)18-9-14-21-22(15-18)26(31)28(25(21)30)19-10-12-20(13-11-19)32-5-2/h6-15H,4-5H2,1-3H3,(H,27,29). The number of hydrogen-bond acceptors (Lipinski definition) is 4. The highest BCUT2D eigenvalue weighted by Crippen LogP contribution is 2.31. The second kappa shape index (κ2) is 8.67. The minimum Gasteiger partial charge on any atom is -0.494 e. The molecule has 0 aliphatic carbocycles. The van der Waals surface area contributed by atoms with Crippen molar-refractivity contribution in [3.8, 4) is 5.75 Å². The third-order valence-corrected chi connectivity index (χ3v) is 5.53. The maximum atomic E-state index is 13.0. The van der Waals surface area contributed by atoms with E-state index in [0.29, 0.717) is 23.6 Å². The highest BCUT2D eigenvalue weighted by atomic mass is 16.5. The van der Waals surface area contributed by atoms with Crippen LogP contribution in [0.2, 0.25) is 0 Å². The van der Waals surface area contributed by atoms with Crippen molar-refractivity contribution in [3.63, 3.8) is 0 Å². The maximum Gasteiger partial charge on any atom is 0.266 e. The van der Waals surface area contributed by atoms with Gasteiger partial charge in [0.15, 0.2) is 0 Å². The van der Waals surface area contributed by atoms with E-state index in [0.717, 1.165) is 28.1 Å². The zero-order chi connectivity index (χ0) is 22.8. The Hall–Kier alpha value is -3.93. The number of fused-ring (bicyclic) bond motifs is 1. The van der Waals surface area contributed by atoms with Crippen molar-refractivity contribution in [1.82, 2.24) is 0 Å². The predicted octanol–water partition coefficient (Wildman–Crippen LogP) is 5.01. The van der Waals surface area contributed by atoms with Crippen LogP contribution in [0.3, 0.4) is 0 Å². The van der Waals surface area contributed by atoms with Crippen LogP contribution in [0.4, 0.5) is 11.4 Å². The molecule has 0 spiro atoms. The van der Waals surface area contributed by atoms with Crippen LogP contribution < -0.4 is 15.0 Å². The van der Waals surface area contributed by atoms with Gasteiger partial charge in [0.05, 0.1) is 23.4 Å². The molecular formula is C26H24N2O4. The van der Waals surface area contributed by atoms with Crippen molar-refractivity contribution in [3.05, 3.63) is 88.5 Å². The lowest BCUT2D eigenvalue weighted by Gasteiger charge is -2.14. The van der Waals surface area contributed by atoms with E-state index in [1.165, 1.54) is 12.1 Å². The zero-order valence-electron chi connectivity index (χ0n) is 18.3. The van der Waals surface area contributed by atoms with E-state index in [1.54, 1.807) is 30.3 Å². The molecule has 1 heterocycles. The number of carbonyl (C=O) groups excluding carboxylic acids is 3. The molecule has 3 amide bonds. The lowest BCUT2D eigenvalue weighted by Crippen LogP contribution is -2.29. The van der Waals surface area contributed by atoms with Crippen LogP contribution in [0, 0.1) is 6.92 Å². The summed E-state index contributed by atoms with van der Waals surface area (Å²) in [5.74, 6) is -0.520. The smallest absolute Gasteiger partial charge is 0.266 e. The first kappa shape index (κ1) is 21.3. The molecule has 0 bridgehead atoms. The van der Waals surface area contributed by atoms with Crippen LogP contribution in [0.15, 0.2) is 60.7 Å². The number of amides is 3. The molecule has 4 rings (SSSR count). The maximum absolute atomic E-state index is 13.0. The Morgan fingerprint density at radius 1 is 0.938 bits per heavy atom. The van der Waals surface area contributed by atoms with E-state index < -0.39 is 11.8 Å². The number of hydrogen-bond donors (Lipinski definition) is 1. The summed E-state index contributed by atoms with van der Waals surface area (Å²) >= 11 is 0. The molecule has 0 aromatic heterocycles. The van der Waals surface area contributed by atoms with Crippen LogP contribution in [0.1, 0.15) is 56.0 Å². The van der Waals surface area contributed by atoms with Crippen LogP contribution >= 0.6 is 0 Å². The van der Waals surface area contributed by atoms with Gasteiger partial charge in [0.25, 0.3) is 17.7 Å². The number of para-hydroxylation sites is 1. The summed E-state index contributed by atoms with van der Waals surface area (Å²) in [4.78, 5) is 40.0. The molecule has 1 aliphatic rings. The Morgan fingerprint density at radius 3 is 2.34 bits per heavy atom. The van der Waals surface area contributed by atoms with E-state index in [1.807, 2.05) is 39.0 Å². The van der Waals surface area contributed by atoms with Crippen molar-refractivity contribution in [2.45, 2.75) is 27.2 Å². The molecule has 3 aromatic carbocycles. The summed E-state index contributed by atoms with van der Waals surface area (Å²) in [5, 5.41) is 2.96. The molecule has 1 aliphatic heterocycles. The van der Waals surface area contributed by atoms with Gasteiger partial charge < -0.3 is 10.1 Å². The zero-order valence-corrected chi connectivity index (χ0v) is 18.3. The number of carbonyl (C=O) groups is 3. The minimum atomic E-state index is -0.450. The van der Waals surface area contributed by atoms with Gasteiger partial charge in [-0.25, -0.2) is 4.90 Å². The second-order valence-corrected chi connectivity index (χ2v) is 7.55. The van der Waals surface area contributed by atoms with E-state index in [9.17, 15) is 14.4 Å². The lowest BCUT2D eigenvalue weighted by atomic mass is 10.0. The highest BCUT2D eigenvalue weighted by molar-refractivity contribution is 6.34. The Balaban J connectivity index is 1.61. The average Bonchev–Trinajstić information content (AvgIpc) is 3.05. The van der Waals surface area contributed by atoms with Gasteiger partial charge in [-0.2, -0.15) is 0 Å². The monoisotopic (exact) mass is 428 g/mol. The van der Waals surface area contributed by atoms with Crippen LogP contribution in [-0.2, 0) is 6.42 Å². The summed E-state index contributed by atoms with van der Waals surface area (Å²) in [6.07, 6.45) is 0.783. The highest BCUT2D eigenvalue weighted by Gasteiger charge is 2.37. The van der Waals surface area contributed by atoms with Gasteiger partial charge in [-0.1, -0.05) is 25.1 Å². The van der Waals surface area contributed by atoms with Gasteiger partial charge in [0, 0.05) is 11.3 Å². The van der Waals surface area contributed by atoms with Gasteiger partial charge >= 0.3 is 0 Å². The van der Waals surface area contributed by atoms with Crippen LogP contribution in [0.5, 0.6) is 5.75 Å². The van der Waals surface area contributed by atoms with Crippen molar-refractivity contribution >= 4 is 29.1 Å². The molecule has 0 saturated carbocycles. The first-order valence-electron chi connectivity index (χ1n) is 10.6. The molecule has 1 N–H and O–H groups in total. The quantitative estimate of drug-likeness (QED) is 0.560. The van der Waals surface area contributed by atoms with Crippen molar-refractivity contribution in [2.24, 2.45) is 0 Å². The van der Waals surface area contributed by atoms with Crippen molar-refractivity contribution in [1.29, 1.82) is 0 Å². The fourth-order valence-corrected chi connectivity index (χ4v) is 3.86. The molecule has 0 fully saturated rings. The summed E-state index contributed by atoms with van der Waals surface area (Å²) in [7, 11) is 0. The molecule has 0 unspecified atom stereocenters. The number of nitrogens with one attached hydrogen (secondary N) is 1. The van der Waals surface area contributed by atoms with Gasteiger partial charge in [-0.15, -0.1) is 0 Å². The largest absolute Gasteiger partial charge is 0.494 e. The van der Waals surface area contributed by atoms with Crippen LogP contribution in [0.25, 0.3) is 0 Å². The third kappa shape index (κ3) is 3.75. The molecule has 3 aromatic rings. The number of anilines is 2. The first-order chi connectivity index (χ1) is 15.4. The summed E-state index contributed by atoms with van der Waals surface area (Å²) in [5.41, 5.74) is 4.06. The number of ether oxygens (including phenoxy) is 1. The average molecular weight is 428 g/mol. The summed E-state index contributed by atoms with van der Waals surface area (Å²) in [6, 6.07) is 17.3. The summed E-state index contributed by atoms with van der Waals surface area (Å²) in [6.45, 7) is 6.38. The number of nitrogens with zero attached hydrogens (tertiary/aromatic N) is 1. The SMILES string of the molecule is CCOc1ccc(N2C(=O)c3ccc(C(=O)Nc4c(C)cccc4CC)cc3C2=O)cc1. The predicted molar refractivity (Wildman–Crippen MR) is 124 cm³/mol. The Kier molecular flexibility index (Phi) is 5.77. The first-order valence-corrected chi connectivity index (χ1v) is 10.6. The lowest BCUT2D eigenvalue weighted by molar-refractivity contribution is 0.0925. The molecule has 162 valence electrons. The fourth-order valence-electron chi connectivity index (χ4n) is 3.86. The van der Waals surface area contributed by atoms with Crippen molar-refractivity contribution < 1.29 is 19.1 Å². The molecule has 6 nitrogen and oxygen atoms in total. The Morgan fingerprint density at radius 2 is 1.66 bits per heavy atom. The third-order valence-electron chi connectivity index (χ3n) is 5.53. The van der Waals surface area contributed by atoms with Gasteiger partial charge in [0.1, 0.15) is 5.75 Å². The minimum absolute atomic E-state index is 0.219. The fraction of sp³-hybridized carbons (Fsp3) is 0.192. The number of rotatable bonds is 6. The molecular weight excluding hydrogens is 404 g/mol. The van der Waals surface area contributed by atoms with Gasteiger partial charge in [-0.3, -0.25) is 14.4 Å². The van der Waals surface area contributed by atoms with E-state index in [-0.39, 0.29) is 17.0 Å². The molecule has 0 atom stereocenters. The normalized spacial score (nSPS) is 12.7. The van der Waals surface area contributed by atoms with Crippen LogP contribution in [-0.4, -0.2) is 24.3 Å². The van der Waals surface area contributed by atoms with E-state index >= 15 is 0 Å².